The van der Waals surface area contributed by atoms with Crippen molar-refractivity contribution in [3.8, 4) is 5.75 Å². The highest BCUT2D eigenvalue weighted by Gasteiger charge is 2.12. The standard InChI is InChI=1S/C9H11NO3/c1-2-5-3-6(9(12)13)8(11)7(10)4-5/h3-4,11H,2,10H2,1H3,(H,12,13). The molecule has 0 saturated heterocycles. The SMILES string of the molecule is CCc1cc(N)c(O)c(C(=O)O)c1. The smallest absolute Gasteiger partial charge is 0.339 e. The molecular weight excluding hydrogens is 170 g/mol. The van der Waals surface area contributed by atoms with Crippen LogP contribution in [-0.4, -0.2) is 16.2 Å². The van der Waals surface area contributed by atoms with Crippen LogP contribution in [0.15, 0.2) is 12.1 Å². The van der Waals surface area contributed by atoms with Gasteiger partial charge in [-0.05, 0) is 24.1 Å². The van der Waals surface area contributed by atoms with Crippen LogP contribution in [0.1, 0.15) is 22.8 Å². The van der Waals surface area contributed by atoms with E-state index in [4.69, 9.17) is 10.8 Å². The van der Waals surface area contributed by atoms with E-state index in [1.54, 1.807) is 6.07 Å². The topological polar surface area (TPSA) is 83.5 Å². The predicted octanol–water partition coefficient (Wildman–Crippen LogP) is 1.24. The zero-order chi connectivity index (χ0) is 10.0. The van der Waals surface area contributed by atoms with Gasteiger partial charge in [0.25, 0.3) is 0 Å². The number of carboxylic acids is 1. The maximum atomic E-state index is 10.6. The van der Waals surface area contributed by atoms with Crippen LogP contribution in [0.4, 0.5) is 5.69 Å². The molecule has 4 N–H and O–H groups in total. The van der Waals surface area contributed by atoms with Crippen LogP contribution in [0.5, 0.6) is 5.75 Å². The van der Waals surface area contributed by atoms with Crippen molar-refractivity contribution in [2.75, 3.05) is 5.73 Å². The molecule has 1 aromatic carbocycles. The van der Waals surface area contributed by atoms with Gasteiger partial charge in [0.2, 0.25) is 0 Å². The second kappa shape index (κ2) is 3.35. The second-order valence-electron chi connectivity index (χ2n) is 2.74. The molecule has 0 aromatic heterocycles. The molecule has 0 spiro atoms. The molecule has 4 nitrogen and oxygen atoms in total. The van der Waals surface area contributed by atoms with E-state index in [1.807, 2.05) is 6.92 Å². The van der Waals surface area contributed by atoms with Crippen molar-refractivity contribution in [3.05, 3.63) is 23.3 Å². The molecule has 0 fully saturated rings. The van der Waals surface area contributed by atoms with Crippen LogP contribution >= 0.6 is 0 Å². The van der Waals surface area contributed by atoms with E-state index in [-0.39, 0.29) is 17.0 Å². The molecule has 0 radical (unpaired) electrons. The molecule has 0 aliphatic carbocycles. The first-order valence-corrected chi connectivity index (χ1v) is 3.91. The van der Waals surface area contributed by atoms with Gasteiger partial charge < -0.3 is 15.9 Å². The lowest BCUT2D eigenvalue weighted by Gasteiger charge is -2.05. The first-order valence-electron chi connectivity index (χ1n) is 3.91. The number of carboxylic acid groups (broad SMARTS) is 1. The minimum absolute atomic E-state index is 0.108. The number of aromatic hydroxyl groups is 1. The van der Waals surface area contributed by atoms with Crippen molar-refractivity contribution < 1.29 is 15.0 Å². The van der Waals surface area contributed by atoms with E-state index in [9.17, 15) is 9.90 Å². The highest BCUT2D eigenvalue weighted by molar-refractivity contribution is 5.93. The summed E-state index contributed by atoms with van der Waals surface area (Å²) >= 11 is 0. The summed E-state index contributed by atoms with van der Waals surface area (Å²) < 4.78 is 0. The van der Waals surface area contributed by atoms with Gasteiger partial charge in [0.05, 0.1) is 5.69 Å². The van der Waals surface area contributed by atoms with Gasteiger partial charge in [0, 0.05) is 0 Å². The molecule has 0 saturated carbocycles. The normalized spacial score (nSPS) is 9.92. The van der Waals surface area contributed by atoms with Crippen LogP contribution < -0.4 is 5.73 Å². The number of hydrogen-bond acceptors (Lipinski definition) is 3. The maximum absolute atomic E-state index is 10.6. The van der Waals surface area contributed by atoms with Gasteiger partial charge in [-0.2, -0.15) is 0 Å². The van der Waals surface area contributed by atoms with Crippen LogP contribution in [0.2, 0.25) is 0 Å². The third kappa shape index (κ3) is 1.72. The number of anilines is 1. The van der Waals surface area contributed by atoms with Gasteiger partial charge in [0.1, 0.15) is 5.56 Å². The molecule has 13 heavy (non-hydrogen) atoms. The number of rotatable bonds is 2. The third-order valence-corrected chi connectivity index (χ3v) is 1.84. The van der Waals surface area contributed by atoms with Crippen LogP contribution in [0.3, 0.4) is 0 Å². The van der Waals surface area contributed by atoms with Gasteiger partial charge in [0.15, 0.2) is 5.75 Å². The largest absolute Gasteiger partial charge is 0.505 e. The molecule has 0 amide bonds. The summed E-state index contributed by atoms with van der Waals surface area (Å²) in [6.45, 7) is 1.89. The fourth-order valence-corrected chi connectivity index (χ4v) is 1.09. The van der Waals surface area contributed by atoms with Gasteiger partial charge in [-0.15, -0.1) is 0 Å². The first-order chi connectivity index (χ1) is 6.06. The lowest BCUT2D eigenvalue weighted by atomic mass is 10.1. The summed E-state index contributed by atoms with van der Waals surface area (Å²) in [4.78, 5) is 10.6. The van der Waals surface area contributed by atoms with Crippen molar-refractivity contribution in [3.63, 3.8) is 0 Å². The number of aromatic carboxylic acids is 1. The summed E-state index contributed by atoms with van der Waals surface area (Å²) in [5.41, 5.74) is 6.19. The Hall–Kier alpha value is -1.71. The Morgan fingerprint density at radius 2 is 2.15 bits per heavy atom. The molecule has 0 aliphatic heterocycles. The summed E-state index contributed by atoms with van der Waals surface area (Å²) in [5, 5.41) is 18.0. The molecule has 4 heteroatoms. The Kier molecular flexibility index (Phi) is 2.41. The number of aryl methyl sites for hydroxylation is 1. The average Bonchev–Trinajstić information content (AvgIpc) is 2.09. The molecule has 0 heterocycles. The molecule has 0 atom stereocenters. The minimum atomic E-state index is -1.17. The minimum Gasteiger partial charge on any atom is -0.505 e. The lowest BCUT2D eigenvalue weighted by Crippen LogP contribution is -2.01. The molecule has 0 aliphatic rings. The Labute approximate surface area is 75.6 Å². The van der Waals surface area contributed by atoms with Crippen LogP contribution in [0, 0.1) is 0 Å². The van der Waals surface area contributed by atoms with E-state index in [0.717, 1.165) is 5.56 Å². The van der Waals surface area contributed by atoms with E-state index in [0.29, 0.717) is 6.42 Å². The average molecular weight is 181 g/mol. The van der Waals surface area contributed by atoms with Gasteiger partial charge in [-0.3, -0.25) is 0 Å². The van der Waals surface area contributed by atoms with Gasteiger partial charge in [-0.25, -0.2) is 4.79 Å². The number of nitrogen functional groups attached to an aromatic ring is 1. The Bertz CT molecular complexity index is 347. The maximum Gasteiger partial charge on any atom is 0.339 e. The molecule has 1 rings (SSSR count). The Balaban J connectivity index is 3.33. The fraction of sp³-hybridized carbons (Fsp3) is 0.222. The zero-order valence-corrected chi connectivity index (χ0v) is 7.24. The van der Waals surface area contributed by atoms with Crippen molar-refractivity contribution in [2.45, 2.75) is 13.3 Å². The van der Waals surface area contributed by atoms with Crippen LogP contribution in [0.25, 0.3) is 0 Å². The summed E-state index contributed by atoms with van der Waals surface area (Å²) in [7, 11) is 0. The molecule has 0 bridgehead atoms. The monoisotopic (exact) mass is 181 g/mol. The Morgan fingerprint density at radius 1 is 1.54 bits per heavy atom. The predicted molar refractivity (Wildman–Crippen MR) is 48.9 cm³/mol. The number of carbonyl (C=O) groups is 1. The van der Waals surface area contributed by atoms with Crippen LogP contribution in [-0.2, 0) is 6.42 Å². The molecular formula is C9H11NO3. The summed E-state index contributed by atoms with van der Waals surface area (Å²) in [6.07, 6.45) is 0.685. The quantitative estimate of drug-likeness (QED) is 0.473. The summed E-state index contributed by atoms with van der Waals surface area (Å²) in [5.74, 6) is -1.52. The number of hydrogen-bond donors (Lipinski definition) is 3. The lowest BCUT2D eigenvalue weighted by molar-refractivity contribution is 0.0693. The first kappa shape index (κ1) is 9.38. The van der Waals surface area contributed by atoms with E-state index in [2.05, 4.69) is 0 Å². The van der Waals surface area contributed by atoms with E-state index >= 15 is 0 Å². The number of phenols is 1. The number of benzene rings is 1. The molecule has 0 unspecified atom stereocenters. The van der Waals surface area contributed by atoms with Gasteiger partial charge in [-0.1, -0.05) is 6.92 Å². The molecule has 70 valence electrons. The highest BCUT2D eigenvalue weighted by Crippen LogP contribution is 2.26. The van der Waals surface area contributed by atoms with E-state index < -0.39 is 5.97 Å². The van der Waals surface area contributed by atoms with Gasteiger partial charge >= 0.3 is 5.97 Å². The van der Waals surface area contributed by atoms with Crippen molar-refractivity contribution in [1.82, 2.24) is 0 Å². The Morgan fingerprint density at radius 3 is 2.62 bits per heavy atom. The van der Waals surface area contributed by atoms with E-state index in [1.165, 1.54) is 6.07 Å². The third-order valence-electron chi connectivity index (χ3n) is 1.84. The molecule has 1 aromatic rings. The van der Waals surface area contributed by atoms with Crippen molar-refractivity contribution in [1.29, 1.82) is 0 Å². The number of nitrogens with two attached hydrogens (primary N) is 1. The van der Waals surface area contributed by atoms with Crippen molar-refractivity contribution in [2.24, 2.45) is 0 Å². The zero-order valence-electron chi connectivity index (χ0n) is 7.24. The van der Waals surface area contributed by atoms with Crippen molar-refractivity contribution >= 4 is 11.7 Å². The fourth-order valence-electron chi connectivity index (χ4n) is 1.09. The summed E-state index contributed by atoms with van der Waals surface area (Å²) in [6, 6.07) is 3.00. The second-order valence-corrected chi connectivity index (χ2v) is 2.74. The highest BCUT2D eigenvalue weighted by atomic mass is 16.4.